The third-order valence-electron chi connectivity index (χ3n) is 4.23. The molecule has 116 valence electrons. The third kappa shape index (κ3) is 3.90. The van der Waals surface area contributed by atoms with E-state index < -0.39 is 0 Å². The normalized spacial score (nSPS) is 17.2. The molecule has 0 aliphatic carbocycles. The predicted octanol–water partition coefficient (Wildman–Crippen LogP) is 3.26. The molecule has 4 nitrogen and oxygen atoms in total. The van der Waals surface area contributed by atoms with Crippen LogP contribution in [0, 0.1) is 0 Å². The number of hydrogen-bond donors (Lipinski definition) is 1. The predicted molar refractivity (Wildman–Crippen MR) is 91.5 cm³/mol. The molecular weight excluding hydrogens is 330 g/mol. The molecule has 1 aromatic rings. The molecule has 1 amide bonds. The van der Waals surface area contributed by atoms with Crippen LogP contribution in [0.4, 0.5) is 11.4 Å². The fraction of sp³-hybridized carbons (Fsp3) is 0.562. The zero-order chi connectivity index (χ0) is 15.4. The first kappa shape index (κ1) is 16.1. The van der Waals surface area contributed by atoms with Gasteiger partial charge in [-0.25, -0.2) is 0 Å². The van der Waals surface area contributed by atoms with E-state index in [1.165, 1.54) is 12.8 Å². The van der Waals surface area contributed by atoms with Crippen molar-refractivity contribution in [3.8, 4) is 0 Å². The van der Waals surface area contributed by atoms with E-state index in [0.29, 0.717) is 5.69 Å². The number of nitrogen functional groups attached to an aromatic ring is 1. The average molecular weight is 354 g/mol. The van der Waals surface area contributed by atoms with Crippen LogP contribution in [0.2, 0.25) is 0 Å². The molecule has 1 heterocycles. The lowest BCUT2D eigenvalue weighted by Gasteiger charge is -2.31. The number of likely N-dealkylation sites (N-methyl/N-ethyl adjacent to an activating group) is 1. The van der Waals surface area contributed by atoms with Gasteiger partial charge >= 0.3 is 0 Å². The summed E-state index contributed by atoms with van der Waals surface area (Å²) in [5.74, 6) is 0.196. The molecule has 0 bridgehead atoms. The van der Waals surface area contributed by atoms with Crippen LogP contribution in [0.5, 0.6) is 0 Å². The SMILES string of the molecule is CC(C(=O)N1CCCCCC1)N(C)c1ccc(Br)cc1N. The van der Waals surface area contributed by atoms with Crippen LogP contribution in [0.1, 0.15) is 32.6 Å². The number of nitrogens with two attached hydrogens (primary N) is 1. The Labute approximate surface area is 135 Å². The quantitative estimate of drug-likeness (QED) is 0.848. The van der Waals surface area contributed by atoms with Gasteiger partial charge in [0.05, 0.1) is 11.4 Å². The zero-order valence-corrected chi connectivity index (χ0v) is 14.4. The smallest absolute Gasteiger partial charge is 0.244 e. The highest BCUT2D eigenvalue weighted by molar-refractivity contribution is 9.10. The second-order valence-corrected chi connectivity index (χ2v) is 6.65. The Hall–Kier alpha value is -1.23. The van der Waals surface area contributed by atoms with E-state index in [0.717, 1.165) is 36.1 Å². The molecule has 1 atom stereocenters. The summed E-state index contributed by atoms with van der Waals surface area (Å²) in [4.78, 5) is 16.6. The minimum atomic E-state index is -0.202. The van der Waals surface area contributed by atoms with E-state index in [1.54, 1.807) is 0 Å². The molecule has 21 heavy (non-hydrogen) atoms. The first-order valence-corrected chi connectivity index (χ1v) is 8.36. The summed E-state index contributed by atoms with van der Waals surface area (Å²) in [5, 5.41) is 0. The first-order chi connectivity index (χ1) is 10.0. The molecule has 0 radical (unpaired) electrons. The molecule has 1 aromatic carbocycles. The van der Waals surface area contributed by atoms with Crippen LogP contribution in [0.25, 0.3) is 0 Å². The van der Waals surface area contributed by atoms with Crippen molar-refractivity contribution in [3.05, 3.63) is 22.7 Å². The number of likely N-dealkylation sites (tertiary alicyclic amines) is 1. The van der Waals surface area contributed by atoms with Gasteiger partial charge < -0.3 is 15.5 Å². The maximum atomic E-state index is 12.7. The van der Waals surface area contributed by atoms with E-state index in [-0.39, 0.29) is 11.9 Å². The summed E-state index contributed by atoms with van der Waals surface area (Å²) in [6.45, 7) is 3.72. The largest absolute Gasteiger partial charge is 0.397 e. The maximum Gasteiger partial charge on any atom is 0.244 e. The molecule has 1 aliphatic heterocycles. The number of rotatable bonds is 3. The van der Waals surface area contributed by atoms with Gasteiger partial charge in [0.15, 0.2) is 0 Å². The van der Waals surface area contributed by atoms with Gasteiger partial charge in [0.25, 0.3) is 0 Å². The van der Waals surface area contributed by atoms with Gasteiger partial charge in [-0.1, -0.05) is 28.8 Å². The number of hydrogen-bond acceptors (Lipinski definition) is 3. The van der Waals surface area contributed by atoms with Gasteiger partial charge in [-0.2, -0.15) is 0 Å². The molecule has 2 rings (SSSR count). The monoisotopic (exact) mass is 353 g/mol. The Morgan fingerprint density at radius 2 is 1.90 bits per heavy atom. The summed E-state index contributed by atoms with van der Waals surface area (Å²) < 4.78 is 0.948. The lowest BCUT2D eigenvalue weighted by Crippen LogP contribution is -2.46. The Balaban J connectivity index is 2.10. The number of benzene rings is 1. The second kappa shape index (κ2) is 7.16. The van der Waals surface area contributed by atoms with Crippen LogP contribution in [0.15, 0.2) is 22.7 Å². The summed E-state index contributed by atoms with van der Waals surface area (Å²) in [6, 6.07) is 5.57. The standard InChI is InChI=1S/C16H24BrN3O/c1-12(16(21)20-9-5-3-4-6-10-20)19(2)15-8-7-13(17)11-14(15)18/h7-8,11-12H,3-6,9-10,18H2,1-2H3. The van der Waals surface area contributed by atoms with Gasteiger partial charge in [-0.05, 0) is 38.0 Å². The van der Waals surface area contributed by atoms with E-state index in [4.69, 9.17) is 5.73 Å². The van der Waals surface area contributed by atoms with Crippen LogP contribution >= 0.6 is 15.9 Å². The molecule has 5 heteroatoms. The van der Waals surface area contributed by atoms with Crippen molar-refractivity contribution in [2.24, 2.45) is 0 Å². The van der Waals surface area contributed by atoms with E-state index in [1.807, 2.05) is 42.0 Å². The lowest BCUT2D eigenvalue weighted by molar-refractivity contribution is -0.132. The number of anilines is 2. The van der Waals surface area contributed by atoms with Crippen molar-refractivity contribution < 1.29 is 4.79 Å². The van der Waals surface area contributed by atoms with E-state index >= 15 is 0 Å². The van der Waals surface area contributed by atoms with E-state index in [2.05, 4.69) is 15.9 Å². The number of amides is 1. The first-order valence-electron chi connectivity index (χ1n) is 7.57. The van der Waals surface area contributed by atoms with Gasteiger partial charge in [0, 0.05) is 24.6 Å². The molecule has 0 aromatic heterocycles. The van der Waals surface area contributed by atoms with Crippen LogP contribution in [-0.4, -0.2) is 37.0 Å². The fourth-order valence-electron chi connectivity index (χ4n) is 2.78. The molecule has 1 saturated heterocycles. The van der Waals surface area contributed by atoms with Gasteiger partial charge in [-0.15, -0.1) is 0 Å². The highest BCUT2D eigenvalue weighted by Crippen LogP contribution is 2.27. The molecule has 1 unspecified atom stereocenters. The van der Waals surface area contributed by atoms with Gasteiger partial charge in [-0.3, -0.25) is 4.79 Å². The maximum absolute atomic E-state index is 12.7. The molecule has 0 spiro atoms. The fourth-order valence-corrected chi connectivity index (χ4v) is 3.15. The summed E-state index contributed by atoms with van der Waals surface area (Å²) in [7, 11) is 1.93. The third-order valence-corrected chi connectivity index (χ3v) is 4.72. The van der Waals surface area contributed by atoms with Crippen molar-refractivity contribution in [3.63, 3.8) is 0 Å². The van der Waals surface area contributed by atoms with E-state index in [9.17, 15) is 4.79 Å². The Kier molecular flexibility index (Phi) is 5.51. The van der Waals surface area contributed by atoms with Crippen molar-refractivity contribution in [1.82, 2.24) is 4.90 Å². The van der Waals surface area contributed by atoms with Crippen molar-refractivity contribution in [2.75, 3.05) is 30.8 Å². The Bertz CT molecular complexity index is 498. The minimum absolute atomic E-state index is 0.196. The number of carbonyl (C=O) groups excluding carboxylic acids is 1. The van der Waals surface area contributed by atoms with Crippen molar-refractivity contribution in [1.29, 1.82) is 0 Å². The minimum Gasteiger partial charge on any atom is -0.397 e. The summed E-state index contributed by atoms with van der Waals surface area (Å²) in [6.07, 6.45) is 4.69. The molecule has 2 N–H and O–H groups in total. The highest BCUT2D eigenvalue weighted by Gasteiger charge is 2.25. The second-order valence-electron chi connectivity index (χ2n) is 5.73. The topological polar surface area (TPSA) is 49.6 Å². The Morgan fingerprint density at radius 3 is 2.48 bits per heavy atom. The number of nitrogens with zero attached hydrogens (tertiary/aromatic N) is 2. The van der Waals surface area contributed by atoms with Gasteiger partial charge in [0.1, 0.15) is 6.04 Å². The van der Waals surface area contributed by atoms with Crippen LogP contribution in [-0.2, 0) is 4.79 Å². The van der Waals surface area contributed by atoms with Gasteiger partial charge in [0.2, 0.25) is 5.91 Å². The molecule has 1 aliphatic rings. The summed E-state index contributed by atoms with van der Waals surface area (Å²) in [5.41, 5.74) is 7.65. The molecule has 0 saturated carbocycles. The zero-order valence-electron chi connectivity index (χ0n) is 12.8. The van der Waals surface area contributed by atoms with Crippen LogP contribution < -0.4 is 10.6 Å². The molecule has 1 fully saturated rings. The summed E-state index contributed by atoms with van der Waals surface area (Å²) >= 11 is 3.41. The lowest BCUT2D eigenvalue weighted by atomic mass is 10.2. The molecular formula is C16H24BrN3O. The van der Waals surface area contributed by atoms with Crippen molar-refractivity contribution in [2.45, 2.75) is 38.6 Å². The average Bonchev–Trinajstić information content (AvgIpc) is 2.74. The number of halogens is 1. The Morgan fingerprint density at radius 1 is 1.29 bits per heavy atom. The van der Waals surface area contributed by atoms with Crippen molar-refractivity contribution >= 4 is 33.2 Å². The van der Waals surface area contributed by atoms with Crippen LogP contribution in [0.3, 0.4) is 0 Å². The number of carbonyl (C=O) groups is 1. The highest BCUT2D eigenvalue weighted by atomic mass is 79.9.